The van der Waals surface area contributed by atoms with Gasteiger partial charge in [0.25, 0.3) is 5.69 Å². The molecule has 6 nitrogen and oxygen atoms in total. The van der Waals surface area contributed by atoms with E-state index in [-0.39, 0.29) is 16.5 Å². The van der Waals surface area contributed by atoms with Crippen LogP contribution in [0.5, 0.6) is 0 Å². The fraction of sp³-hybridized carbons (Fsp3) is 0.0476. The second kappa shape index (κ2) is 8.91. The molecule has 0 aliphatic carbocycles. The zero-order valence-corrected chi connectivity index (χ0v) is 17.7. The summed E-state index contributed by atoms with van der Waals surface area (Å²) in [5, 5.41) is 11.7. The lowest BCUT2D eigenvalue weighted by Crippen LogP contribution is -1.90. The van der Waals surface area contributed by atoms with Crippen molar-refractivity contribution < 1.29 is 14.1 Å². The maximum atomic E-state index is 12.3. The molecule has 0 fully saturated rings. The van der Waals surface area contributed by atoms with Crippen LogP contribution in [0.1, 0.15) is 11.3 Å². The first-order chi connectivity index (χ1) is 14.5. The van der Waals surface area contributed by atoms with Gasteiger partial charge in [0.2, 0.25) is 5.12 Å². The number of halogens is 1. The molecule has 3 aromatic rings. The van der Waals surface area contributed by atoms with Crippen molar-refractivity contribution in [3.05, 3.63) is 92.8 Å². The van der Waals surface area contributed by atoms with Gasteiger partial charge >= 0.3 is 0 Å². The smallest absolute Gasteiger partial charge is 0.280 e. The fourth-order valence-corrected chi connectivity index (χ4v) is 4.65. The topological polar surface area (TPSA) is 85.7 Å². The summed E-state index contributed by atoms with van der Waals surface area (Å²) in [5.74, 6) is 1.43. The maximum Gasteiger partial charge on any atom is 0.280 e. The number of hydrogen-bond donors (Lipinski definition) is 0. The minimum atomic E-state index is -0.457. The van der Waals surface area contributed by atoms with Crippen molar-refractivity contribution in [1.82, 2.24) is 0 Å². The van der Waals surface area contributed by atoms with Gasteiger partial charge in [-0.3, -0.25) is 14.9 Å². The van der Waals surface area contributed by atoms with E-state index in [1.165, 1.54) is 17.8 Å². The Bertz CT molecular complexity index is 1190. The fourth-order valence-electron chi connectivity index (χ4n) is 2.73. The normalized spacial score (nSPS) is 14.9. The molecule has 2 heterocycles. The Morgan fingerprint density at radius 3 is 2.67 bits per heavy atom. The molecule has 0 atom stereocenters. The van der Waals surface area contributed by atoms with Crippen LogP contribution in [0, 0.1) is 10.1 Å². The van der Waals surface area contributed by atoms with Gasteiger partial charge in [0, 0.05) is 22.9 Å². The highest BCUT2D eigenvalue weighted by Gasteiger charge is 2.23. The number of nitro groups is 1. The van der Waals surface area contributed by atoms with E-state index in [1.807, 2.05) is 24.3 Å². The number of carbonyl (C=O) groups excluding carboxylic acids is 1. The molecule has 0 unspecified atom stereocenters. The lowest BCUT2D eigenvalue weighted by molar-refractivity contribution is -0.384. The highest BCUT2D eigenvalue weighted by molar-refractivity contribution is 8.45. The van der Waals surface area contributed by atoms with Gasteiger partial charge in [-0.2, -0.15) is 0 Å². The Hall–Kier alpha value is -2.81. The summed E-state index contributed by atoms with van der Waals surface area (Å²) in [4.78, 5) is 27.4. The van der Waals surface area contributed by atoms with Crippen molar-refractivity contribution >= 4 is 56.4 Å². The molecule has 1 aliphatic heterocycles. The number of furan rings is 1. The molecule has 2 aromatic carbocycles. The largest absolute Gasteiger partial charge is 0.456 e. The van der Waals surface area contributed by atoms with Crippen LogP contribution in [-0.2, 0) is 10.5 Å². The molecule has 0 saturated heterocycles. The number of thioether (sulfide) groups is 2. The first-order valence-corrected chi connectivity index (χ1v) is 10.9. The molecule has 0 radical (unpaired) electrons. The van der Waals surface area contributed by atoms with Gasteiger partial charge in [-0.15, -0.1) is 0 Å². The number of aliphatic imine (C=N–C) groups is 1. The number of benzene rings is 2. The standard InChI is InChI=1S/C21H13ClN2O4S2/c22-14-7-5-13(6-8-14)12-29-21-23-17(20(25)30-21)11-15-9-10-19(28-15)16-3-1-2-4-18(16)24(26)27/h1-11H,12H2/b17-11-. The van der Waals surface area contributed by atoms with E-state index in [4.69, 9.17) is 16.0 Å². The number of para-hydroxylation sites is 1. The summed E-state index contributed by atoms with van der Waals surface area (Å²) < 4.78 is 6.37. The summed E-state index contributed by atoms with van der Waals surface area (Å²) in [6.07, 6.45) is 1.55. The van der Waals surface area contributed by atoms with E-state index in [0.717, 1.165) is 17.3 Å². The summed E-state index contributed by atoms with van der Waals surface area (Å²) in [6, 6.07) is 17.1. The minimum Gasteiger partial charge on any atom is -0.456 e. The quantitative estimate of drug-likeness (QED) is 0.250. The SMILES string of the molecule is O=C1SC(SCc2ccc(Cl)cc2)=N/C1=C\c1ccc(-c2ccccc2[N+](=O)[O-])o1. The monoisotopic (exact) mass is 456 g/mol. The van der Waals surface area contributed by atoms with Crippen LogP contribution in [0.2, 0.25) is 5.02 Å². The summed E-state index contributed by atoms with van der Waals surface area (Å²) in [5.41, 5.74) is 1.69. The molecule has 4 rings (SSSR count). The highest BCUT2D eigenvalue weighted by atomic mass is 35.5. The molecule has 0 N–H and O–H groups in total. The van der Waals surface area contributed by atoms with Gasteiger partial charge in [0.05, 0.1) is 10.5 Å². The van der Waals surface area contributed by atoms with Crippen LogP contribution in [-0.4, -0.2) is 14.4 Å². The van der Waals surface area contributed by atoms with Crippen LogP contribution >= 0.6 is 35.1 Å². The number of nitro benzene ring substituents is 1. The lowest BCUT2D eigenvalue weighted by atomic mass is 10.1. The van der Waals surface area contributed by atoms with Crippen LogP contribution < -0.4 is 0 Å². The average Bonchev–Trinajstić information content (AvgIpc) is 3.34. The van der Waals surface area contributed by atoms with Crippen molar-refractivity contribution in [2.45, 2.75) is 5.75 Å². The lowest BCUT2D eigenvalue weighted by Gasteiger charge is -1.99. The van der Waals surface area contributed by atoms with E-state index in [2.05, 4.69) is 4.99 Å². The third-order valence-electron chi connectivity index (χ3n) is 4.15. The number of rotatable bonds is 5. The van der Waals surface area contributed by atoms with Gasteiger partial charge in [-0.1, -0.05) is 47.6 Å². The highest BCUT2D eigenvalue weighted by Crippen LogP contribution is 2.35. The van der Waals surface area contributed by atoms with E-state index in [1.54, 1.807) is 36.4 Å². The van der Waals surface area contributed by atoms with Gasteiger partial charge in [0.15, 0.2) is 0 Å². The van der Waals surface area contributed by atoms with Crippen LogP contribution in [0.4, 0.5) is 5.69 Å². The van der Waals surface area contributed by atoms with Crippen LogP contribution in [0.3, 0.4) is 0 Å². The zero-order valence-electron chi connectivity index (χ0n) is 15.3. The van der Waals surface area contributed by atoms with E-state index in [0.29, 0.717) is 32.2 Å². The van der Waals surface area contributed by atoms with Crippen LogP contribution in [0.25, 0.3) is 17.4 Å². The molecule has 0 amide bonds. The second-order valence-electron chi connectivity index (χ2n) is 6.19. The number of carbonyl (C=O) groups is 1. The molecule has 150 valence electrons. The Balaban J connectivity index is 1.50. The zero-order chi connectivity index (χ0) is 21.1. The van der Waals surface area contributed by atoms with Crippen molar-refractivity contribution in [2.75, 3.05) is 0 Å². The van der Waals surface area contributed by atoms with Crippen molar-refractivity contribution in [3.63, 3.8) is 0 Å². The number of hydrogen-bond acceptors (Lipinski definition) is 7. The van der Waals surface area contributed by atoms with Crippen molar-refractivity contribution in [3.8, 4) is 11.3 Å². The van der Waals surface area contributed by atoms with Crippen LogP contribution in [0.15, 0.2) is 75.8 Å². The third kappa shape index (κ3) is 4.67. The first-order valence-electron chi connectivity index (χ1n) is 8.73. The molecular formula is C21H13ClN2O4S2. The Kier molecular flexibility index (Phi) is 6.08. The molecule has 1 aliphatic rings. The minimum absolute atomic E-state index is 0.0440. The van der Waals surface area contributed by atoms with Gasteiger partial charge in [-0.05, 0) is 47.7 Å². The maximum absolute atomic E-state index is 12.3. The summed E-state index contributed by atoms with van der Waals surface area (Å²) >= 11 is 8.43. The predicted molar refractivity (Wildman–Crippen MR) is 122 cm³/mol. The third-order valence-corrected chi connectivity index (χ3v) is 6.48. The second-order valence-corrected chi connectivity index (χ2v) is 8.81. The van der Waals surface area contributed by atoms with Gasteiger partial charge < -0.3 is 4.42 Å². The van der Waals surface area contributed by atoms with Gasteiger partial charge in [0.1, 0.15) is 21.6 Å². The van der Waals surface area contributed by atoms with Gasteiger partial charge in [-0.25, -0.2) is 4.99 Å². The summed E-state index contributed by atoms with van der Waals surface area (Å²) in [7, 11) is 0. The summed E-state index contributed by atoms with van der Waals surface area (Å²) in [6.45, 7) is 0. The average molecular weight is 457 g/mol. The van der Waals surface area contributed by atoms with E-state index in [9.17, 15) is 14.9 Å². The van der Waals surface area contributed by atoms with Crippen molar-refractivity contribution in [1.29, 1.82) is 0 Å². The molecule has 0 saturated carbocycles. The Morgan fingerprint density at radius 2 is 1.90 bits per heavy atom. The molecular weight excluding hydrogens is 444 g/mol. The Labute approximate surface area is 185 Å². The van der Waals surface area contributed by atoms with E-state index < -0.39 is 4.92 Å². The Morgan fingerprint density at radius 1 is 1.13 bits per heavy atom. The molecule has 9 heteroatoms. The molecule has 0 spiro atoms. The molecule has 1 aromatic heterocycles. The predicted octanol–water partition coefficient (Wildman–Crippen LogP) is 6.41. The van der Waals surface area contributed by atoms with Crippen molar-refractivity contribution in [2.24, 2.45) is 4.99 Å². The first kappa shape index (κ1) is 20.5. The molecule has 0 bridgehead atoms. The number of nitrogens with zero attached hydrogens (tertiary/aromatic N) is 2. The molecule has 30 heavy (non-hydrogen) atoms. The van der Waals surface area contributed by atoms with E-state index >= 15 is 0 Å².